The zero-order valence-electron chi connectivity index (χ0n) is 12.4. The van der Waals surface area contributed by atoms with Crippen LogP contribution in [0.4, 0.5) is 0 Å². The molecule has 1 atom stereocenters. The van der Waals surface area contributed by atoms with Crippen molar-refractivity contribution in [3.8, 4) is 6.07 Å². The van der Waals surface area contributed by atoms with Gasteiger partial charge in [0.25, 0.3) is 0 Å². The summed E-state index contributed by atoms with van der Waals surface area (Å²) >= 11 is 1.18. The van der Waals surface area contributed by atoms with Crippen molar-refractivity contribution < 1.29 is 0 Å². The second kappa shape index (κ2) is 5.76. The molecular formula is C17H11N5OS. The van der Waals surface area contributed by atoms with Crippen molar-refractivity contribution in [1.29, 1.82) is 5.26 Å². The molecule has 0 bridgehead atoms. The molecule has 7 heteroatoms. The molecule has 0 radical (unpaired) electrons. The molecule has 4 rings (SSSR count). The fourth-order valence-electron chi connectivity index (χ4n) is 2.72. The molecule has 2 aromatic carbocycles. The van der Waals surface area contributed by atoms with E-state index in [2.05, 4.69) is 21.1 Å². The molecule has 0 aliphatic heterocycles. The standard InChI is InChI=1S/C17H11N5OS/c18-8-11-1-3-12(4-2-11)16(22-10-19-9-20-22)13-5-6-14-15(7-13)24-17(23)21-14/h1-7,9-10,16H,(H,21,23). The summed E-state index contributed by atoms with van der Waals surface area (Å²) in [5.74, 6) is 0. The van der Waals surface area contributed by atoms with Crippen molar-refractivity contribution in [3.05, 3.63) is 81.5 Å². The van der Waals surface area contributed by atoms with Gasteiger partial charge in [0.15, 0.2) is 0 Å². The van der Waals surface area contributed by atoms with Crippen LogP contribution in [0.1, 0.15) is 22.7 Å². The Morgan fingerprint density at radius 3 is 2.67 bits per heavy atom. The Kier molecular flexibility index (Phi) is 3.44. The number of thiazole rings is 1. The molecule has 1 unspecified atom stereocenters. The number of nitrogens with one attached hydrogen (secondary N) is 1. The highest BCUT2D eigenvalue weighted by atomic mass is 32.1. The molecule has 2 aromatic heterocycles. The lowest BCUT2D eigenvalue weighted by Crippen LogP contribution is -2.12. The van der Waals surface area contributed by atoms with Crippen molar-refractivity contribution in [3.63, 3.8) is 0 Å². The van der Waals surface area contributed by atoms with E-state index in [1.807, 2.05) is 30.3 Å². The van der Waals surface area contributed by atoms with E-state index in [1.165, 1.54) is 17.7 Å². The first-order chi connectivity index (χ1) is 11.7. The average molecular weight is 333 g/mol. The van der Waals surface area contributed by atoms with E-state index < -0.39 is 0 Å². The average Bonchev–Trinajstić information content (AvgIpc) is 3.24. The maximum absolute atomic E-state index is 11.5. The summed E-state index contributed by atoms with van der Waals surface area (Å²) in [5, 5.41) is 13.3. The Labute approximate surface area is 140 Å². The third kappa shape index (κ3) is 2.49. The molecule has 6 nitrogen and oxygen atoms in total. The minimum absolute atomic E-state index is 0.0715. The van der Waals surface area contributed by atoms with E-state index in [1.54, 1.807) is 23.1 Å². The molecule has 2 heterocycles. The highest BCUT2D eigenvalue weighted by Gasteiger charge is 2.18. The van der Waals surface area contributed by atoms with Crippen molar-refractivity contribution in [2.45, 2.75) is 6.04 Å². The number of benzene rings is 2. The summed E-state index contributed by atoms with van der Waals surface area (Å²) in [6.07, 6.45) is 3.15. The predicted octanol–water partition coefficient (Wildman–Crippen LogP) is 2.69. The summed E-state index contributed by atoms with van der Waals surface area (Å²) in [4.78, 5) is 18.3. The van der Waals surface area contributed by atoms with Crippen LogP contribution in [0.5, 0.6) is 0 Å². The van der Waals surface area contributed by atoms with Gasteiger partial charge in [-0.3, -0.25) is 4.79 Å². The molecular weight excluding hydrogens is 322 g/mol. The number of hydrogen-bond acceptors (Lipinski definition) is 5. The molecule has 0 aliphatic rings. The smallest absolute Gasteiger partial charge is 0.305 e. The zero-order valence-corrected chi connectivity index (χ0v) is 13.2. The van der Waals surface area contributed by atoms with Crippen molar-refractivity contribution in [1.82, 2.24) is 19.7 Å². The van der Waals surface area contributed by atoms with Crippen LogP contribution in [-0.2, 0) is 0 Å². The van der Waals surface area contributed by atoms with Gasteiger partial charge in [-0.15, -0.1) is 0 Å². The molecule has 0 fully saturated rings. The SMILES string of the molecule is N#Cc1ccc(C(c2ccc3[nH]c(=O)sc3c2)n2cncn2)cc1. The summed E-state index contributed by atoms with van der Waals surface area (Å²) in [6, 6.07) is 15.2. The van der Waals surface area contributed by atoms with E-state index in [4.69, 9.17) is 5.26 Å². The van der Waals surface area contributed by atoms with Crippen LogP contribution < -0.4 is 4.87 Å². The first kappa shape index (κ1) is 14.4. The first-order valence-electron chi connectivity index (χ1n) is 7.21. The summed E-state index contributed by atoms with van der Waals surface area (Å²) < 4.78 is 2.66. The van der Waals surface area contributed by atoms with Gasteiger partial charge in [-0.05, 0) is 35.4 Å². The van der Waals surface area contributed by atoms with Gasteiger partial charge in [0.05, 0.1) is 21.8 Å². The largest absolute Gasteiger partial charge is 0.312 e. The summed E-state index contributed by atoms with van der Waals surface area (Å²) in [5.41, 5.74) is 3.41. The van der Waals surface area contributed by atoms with Crippen LogP contribution >= 0.6 is 11.3 Å². The summed E-state index contributed by atoms with van der Waals surface area (Å²) in [7, 11) is 0. The predicted molar refractivity (Wildman–Crippen MR) is 90.9 cm³/mol. The fourth-order valence-corrected chi connectivity index (χ4v) is 3.51. The quantitative estimate of drug-likeness (QED) is 0.624. The van der Waals surface area contributed by atoms with Gasteiger partial charge in [0.2, 0.25) is 0 Å². The van der Waals surface area contributed by atoms with Gasteiger partial charge < -0.3 is 4.98 Å². The van der Waals surface area contributed by atoms with Crippen LogP contribution in [0.25, 0.3) is 10.2 Å². The van der Waals surface area contributed by atoms with E-state index in [-0.39, 0.29) is 10.9 Å². The Hall–Kier alpha value is -3.24. The molecule has 4 aromatic rings. The highest BCUT2D eigenvalue weighted by Crippen LogP contribution is 2.29. The minimum Gasteiger partial charge on any atom is -0.312 e. The Balaban J connectivity index is 1.87. The van der Waals surface area contributed by atoms with E-state index in [9.17, 15) is 4.79 Å². The van der Waals surface area contributed by atoms with Gasteiger partial charge in [0.1, 0.15) is 18.7 Å². The van der Waals surface area contributed by atoms with Gasteiger partial charge in [-0.1, -0.05) is 29.5 Å². The second-order valence-corrected chi connectivity index (χ2v) is 6.30. The van der Waals surface area contributed by atoms with E-state index in [0.717, 1.165) is 21.3 Å². The van der Waals surface area contributed by atoms with Crippen LogP contribution in [0, 0.1) is 11.3 Å². The van der Waals surface area contributed by atoms with Gasteiger partial charge in [-0.25, -0.2) is 9.67 Å². The number of hydrogen-bond donors (Lipinski definition) is 1. The molecule has 116 valence electrons. The van der Waals surface area contributed by atoms with E-state index >= 15 is 0 Å². The minimum atomic E-state index is -0.179. The molecule has 0 saturated heterocycles. The third-order valence-corrected chi connectivity index (χ3v) is 4.66. The number of aromatic nitrogens is 4. The van der Waals surface area contributed by atoms with Crippen LogP contribution in [0.15, 0.2) is 59.9 Å². The van der Waals surface area contributed by atoms with Crippen molar-refractivity contribution >= 4 is 21.6 Å². The summed E-state index contributed by atoms with van der Waals surface area (Å²) in [6.45, 7) is 0. The monoisotopic (exact) mass is 333 g/mol. The van der Waals surface area contributed by atoms with Crippen molar-refractivity contribution in [2.24, 2.45) is 0 Å². The normalized spacial score (nSPS) is 12.1. The Morgan fingerprint density at radius 1 is 1.17 bits per heavy atom. The Morgan fingerprint density at radius 2 is 1.96 bits per heavy atom. The van der Waals surface area contributed by atoms with Crippen LogP contribution in [0.3, 0.4) is 0 Å². The number of nitrogens with zero attached hydrogens (tertiary/aromatic N) is 4. The molecule has 0 amide bonds. The molecule has 24 heavy (non-hydrogen) atoms. The lowest BCUT2D eigenvalue weighted by atomic mass is 9.98. The van der Waals surface area contributed by atoms with Gasteiger partial charge >= 0.3 is 4.87 Å². The van der Waals surface area contributed by atoms with Gasteiger partial charge in [-0.2, -0.15) is 10.4 Å². The van der Waals surface area contributed by atoms with Crippen LogP contribution in [-0.4, -0.2) is 19.7 Å². The number of fused-ring (bicyclic) bond motifs is 1. The fraction of sp³-hybridized carbons (Fsp3) is 0.0588. The molecule has 1 N–H and O–H groups in total. The zero-order chi connectivity index (χ0) is 16.5. The van der Waals surface area contributed by atoms with Gasteiger partial charge in [0, 0.05) is 0 Å². The van der Waals surface area contributed by atoms with E-state index in [0.29, 0.717) is 5.56 Å². The maximum atomic E-state index is 11.5. The number of H-pyrrole nitrogens is 1. The number of rotatable bonds is 3. The molecule has 0 spiro atoms. The van der Waals surface area contributed by atoms with Crippen molar-refractivity contribution in [2.75, 3.05) is 0 Å². The number of nitriles is 1. The second-order valence-electron chi connectivity index (χ2n) is 5.28. The molecule has 0 aliphatic carbocycles. The first-order valence-corrected chi connectivity index (χ1v) is 8.03. The maximum Gasteiger partial charge on any atom is 0.305 e. The lowest BCUT2D eigenvalue weighted by Gasteiger charge is -2.18. The number of aromatic amines is 1. The topological polar surface area (TPSA) is 87.4 Å². The lowest BCUT2D eigenvalue weighted by molar-refractivity contribution is 0.594. The van der Waals surface area contributed by atoms with Crippen LogP contribution in [0.2, 0.25) is 0 Å². The molecule has 0 saturated carbocycles. The highest BCUT2D eigenvalue weighted by molar-refractivity contribution is 7.16. The third-order valence-electron chi connectivity index (χ3n) is 3.82. The Bertz CT molecular complexity index is 1090.